The molecule has 0 fully saturated rings. The number of hydrogen-bond donors (Lipinski definition) is 0. The van der Waals surface area contributed by atoms with E-state index in [9.17, 15) is 4.79 Å². The van der Waals surface area contributed by atoms with E-state index in [1.54, 1.807) is 12.3 Å². The molecule has 0 aromatic carbocycles. The Labute approximate surface area is 100 Å². The summed E-state index contributed by atoms with van der Waals surface area (Å²) in [7, 11) is 0. The van der Waals surface area contributed by atoms with Crippen LogP contribution in [0.3, 0.4) is 0 Å². The van der Waals surface area contributed by atoms with E-state index < -0.39 is 0 Å². The van der Waals surface area contributed by atoms with Crippen molar-refractivity contribution in [2.75, 3.05) is 0 Å². The van der Waals surface area contributed by atoms with Crippen molar-refractivity contribution in [3.63, 3.8) is 0 Å². The number of carbonyl (C=O) groups excluding carboxylic acids is 1. The van der Waals surface area contributed by atoms with Gasteiger partial charge in [0.2, 0.25) is 0 Å². The molecule has 0 atom stereocenters. The van der Waals surface area contributed by atoms with Gasteiger partial charge in [0.05, 0.1) is 17.6 Å². The van der Waals surface area contributed by atoms with Crippen LogP contribution in [0.15, 0.2) is 24.4 Å². The average molecular weight is 229 g/mol. The van der Waals surface area contributed by atoms with Gasteiger partial charge in [-0.05, 0) is 32.0 Å². The van der Waals surface area contributed by atoms with Gasteiger partial charge in [0.25, 0.3) is 0 Å². The third-order valence-electron chi connectivity index (χ3n) is 2.61. The molecule has 4 nitrogen and oxygen atoms in total. The SMILES string of the molecule is CCC(=O)c1ccc(-n2nc(C)cc2C)cn1. The van der Waals surface area contributed by atoms with Crippen molar-refractivity contribution in [1.82, 2.24) is 14.8 Å². The van der Waals surface area contributed by atoms with Gasteiger partial charge in [-0.25, -0.2) is 4.68 Å². The Balaban J connectivity index is 2.35. The molecule has 2 rings (SSSR count). The second kappa shape index (κ2) is 4.49. The van der Waals surface area contributed by atoms with Gasteiger partial charge in [-0.1, -0.05) is 6.92 Å². The summed E-state index contributed by atoms with van der Waals surface area (Å²) in [5.74, 6) is 0.0601. The van der Waals surface area contributed by atoms with Crippen molar-refractivity contribution in [3.8, 4) is 5.69 Å². The first kappa shape index (κ1) is 11.5. The summed E-state index contributed by atoms with van der Waals surface area (Å²) in [6, 6.07) is 5.62. The van der Waals surface area contributed by atoms with E-state index in [2.05, 4.69) is 10.1 Å². The van der Waals surface area contributed by atoms with Gasteiger partial charge < -0.3 is 0 Å². The minimum atomic E-state index is 0.0601. The quantitative estimate of drug-likeness (QED) is 0.760. The Kier molecular flexibility index (Phi) is 3.04. The summed E-state index contributed by atoms with van der Waals surface area (Å²) in [4.78, 5) is 15.6. The van der Waals surface area contributed by atoms with Crippen molar-refractivity contribution in [2.24, 2.45) is 0 Å². The predicted molar refractivity (Wildman–Crippen MR) is 65.5 cm³/mol. The minimum Gasteiger partial charge on any atom is -0.292 e. The fraction of sp³-hybridized carbons (Fsp3) is 0.308. The Hall–Kier alpha value is -1.97. The van der Waals surface area contributed by atoms with Crippen LogP contribution in [0.1, 0.15) is 35.2 Å². The summed E-state index contributed by atoms with van der Waals surface area (Å²) >= 11 is 0. The highest BCUT2D eigenvalue weighted by atomic mass is 16.1. The van der Waals surface area contributed by atoms with E-state index in [0.29, 0.717) is 12.1 Å². The topological polar surface area (TPSA) is 47.8 Å². The fourth-order valence-electron chi connectivity index (χ4n) is 1.75. The van der Waals surface area contributed by atoms with Crippen molar-refractivity contribution in [1.29, 1.82) is 0 Å². The fourth-order valence-corrected chi connectivity index (χ4v) is 1.75. The molecule has 17 heavy (non-hydrogen) atoms. The molecule has 0 aliphatic rings. The average Bonchev–Trinajstić information content (AvgIpc) is 2.68. The van der Waals surface area contributed by atoms with Gasteiger partial charge >= 0.3 is 0 Å². The minimum absolute atomic E-state index is 0.0601. The number of ketones is 1. The maximum absolute atomic E-state index is 11.4. The molecule has 2 aromatic rings. The molecule has 0 unspecified atom stereocenters. The van der Waals surface area contributed by atoms with Crippen LogP contribution in [0, 0.1) is 13.8 Å². The molecule has 0 N–H and O–H groups in total. The molecule has 0 aliphatic carbocycles. The third kappa shape index (κ3) is 2.25. The van der Waals surface area contributed by atoms with Crippen molar-refractivity contribution in [2.45, 2.75) is 27.2 Å². The maximum atomic E-state index is 11.4. The summed E-state index contributed by atoms with van der Waals surface area (Å²) in [5.41, 5.74) is 3.41. The number of hydrogen-bond acceptors (Lipinski definition) is 3. The van der Waals surface area contributed by atoms with Crippen molar-refractivity contribution in [3.05, 3.63) is 41.5 Å². The monoisotopic (exact) mass is 229 g/mol. The maximum Gasteiger partial charge on any atom is 0.180 e. The summed E-state index contributed by atoms with van der Waals surface area (Å²) in [5, 5.41) is 4.37. The molecule has 88 valence electrons. The van der Waals surface area contributed by atoms with E-state index in [0.717, 1.165) is 17.1 Å². The van der Waals surface area contributed by atoms with E-state index in [-0.39, 0.29) is 5.78 Å². The summed E-state index contributed by atoms with van der Waals surface area (Å²) < 4.78 is 1.82. The molecule has 0 radical (unpaired) electrons. The predicted octanol–water partition coefficient (Wildman–Crippen LogP) is 2.48. The van der Waals surface area contributed by atoms with Gasteiger partial charge in [0, 0.05) is 12.1 Å². The second-order valence-corrected chi connectivity index (χ2v) is 4.02. The smallest absolute Gasteiger partial charge is 0.180 e. The molecule has 2 aromatic heterocycles. The molecule has 0 aliphatic heterocycles. The molecular weight excluding hydrogens is 214 g/mol. The summed E-state index contributed by atoms with van der Waals surface area (Å²) in [6.07, 6.45) is 2.16. The standard InChI is InChI=1S/C13H15N3O/c1-4-13(17)12-6-5-11(8-14-12)16-10(3)7-9(2)15-16/h5-8H,4H2,1-3H3. The van der Waals surface area contributed by atoms with Crippen molar-refractivity contribution < 1.29 is 4.79 Å². The lowest BCUT2D eigenvalue weighted by molar-refractivity contribution is 0.0983. The zero-order chi connectivity index (χ0) is 12.4. The van der Waals surface area contributed by atoms with Crippen LogP contribution in [0.25, 0.3) is 5.69 Å². The normalized spacial score (nSPS) is 10.5. The highest BCUT2D eigenvalue weighted by Gasteiger charge is 2.07. The van der Waals surface area contributed by atoms with Gasteiger partial charge in [0.1, 0.15) is 5.69 Å². The highest BCUT2D eigenvalue weighted by Crippen LogP contribution is 2.11. The van der Waals surface area contributed by atoms with Gasteiger partial charge in [-0.2, -0.15) is 5.10 Å². The Morgan fingerprint density at radius 3 is 2.59 bits per heavy atom. The number of Topliss-reactive ketones (excluding diaryl/α,β-unsaturated/α-hetero) is 1. The van der Waals surface area contributed by atoms with E-state index >= 15 is 0 Å². The molecule has 2 heterocycles. The van der Waals surface area contributed by atoms with Crippen molar-refractivity contribution >= 4 is 5.78 Å². The second-order valence-electron chi connectivity index (χ2n) is 4.02. The lowest BCUT2D eigenvalue weighted by atomic mass is 10.2. The first-order chi connectivity index (χ1) is 8.11. The molecule has 0 spiro atoms. The van der Waals surface area contributed by atoms with Crippen LogP contribution in [0.5, 0.6) is 0 Å². The van der Waals surface area contributed by atoms with E-state index in [4.69, 9.17) is 0 Å². The number of rotatable bonds is 3. The van der Waals surface area contributed by atoms with Gasteiger partial charge in [-0.15, -0.1) is 0 Å². The molecular formula is C13H15N3O. The number of aryl methyl sites for hydroxylation is 2. The molecule has 0 bridgehead atoms. The lowest BCUT2D eigenvalue weighted by Crippen LogP contribution is -2.03. The first-order valence-corrected chi connectivity index (χ1v) is 5.64. The van der Waals surface area contributed by atoms with Crippen LogP contribution in [-0.4, -0.2) is 20.5 Å². The van der Waals surface area contributed by atoms with Crippen LogP contribution >= 0.6 is 0 Å². The number of aromatic nitrogens is 3. The van der Waals surface area contributed by atoms with Gasteiger partial charge in [0.15, 0.2) is 5.78 Å². The number of pyridine rings is 1. The van der Waals surface area contributed by atoms with Gasteiger partial charge in [-0.3, -0.25) is 9.78 Å². The van der Waals surface area contributed by atoms with E-state index in [1.807, 2.05) is 37.6 Å². The van der Waals surface area contributed by atoms with E-state index in [1.165, 1.54) is 0 Å². The molecule has 0 amide bonds. The van der Waals surface area contributed by atoms with Crippen LogP contribution < -0.4 is 0 Å². The number of nitrogens with zero attached hydrogens (tertiary/aromatic N) is 3. The van der Waals surface area contributed by atoms with Crippen LogP contribution in [0.4, 0.5) is 0 Å². The molecule has 0 saturated carbocycles. The Morgan fingerprint density at radius 2 is 2.12 bits per heavy atom. The molecule has 0 saturated heterocycles. The Morgan fingerprint density at radius 1 is 1.35 bits per heavy atom. The zero-order valence-corrected chi connectivity index (χ0v) is 10.3. The van der Waals surface area contributed by atoms with Crippen LogP contribution in [-0.2, 0) is 0 Å². The number of carbonyl (C=O) groups is 1. The highest BCUT2D eigenvalue weighted by molar-refractivity contribution is 5.93. The Bertz CT molecular complexity index is 540. The van der Waals surface area contributed by atoms with Crippen LogP contribution in [0.2, 0.25) is 0 Å². The lowest BCUT2D eigenvalue weighted by Gasteiger charge is -2.04. The largest absolute Gasteiger partial charge is 0.292 e. The third-order valence-corrected chi connectivity index (χ3v) is 2.61. The summed E-state index contributed by atoms with van der Waals surface area (Å²) in [6.45, 7) is 5.77. The zero-order valence-electron chi connectivity index (χ0n) is 10.3. The first-order valence-electron chi connectivity index (χ1n) is 5.64. The molecule has 4 heteroatoms.